The molecular weight excluding hydrogens is 224 g/mol. The number of likely N-dealkylation sites (N-methyl/N-ethyl adjacent to an activating group) is 1. The zero-order valence-electron chi connectivity index (χ0n) is 11.8. The van der Waals surface area contributed by atoms with Gasteiger partial charge in [-0.05, 0) is 30.7 Å². The van der Waals surface area contributed by atoms with Gasteiger partial charge in [0.05, 0.1) is 7.11 Å². The molecule has 0 aliphatic carbocycles. The summed E-state index contributed by atoms with van der Waals surface area (Å²) in [6.07, 6.45) is 0. The summed E-state index contributed by atoms with van der Waals surface area (Å²) in [6, 6.07) is 6.50. The van der Waals surface area contributed by atoms with E-state index in [1.165, 1.54) is 43.9 Å². The number of hydrogen-bond donors (Lipinski definition) is 0. The average Bonchev–Trinajstić information content (AvgIpc) is 2.40. The molecule has 0 atom stereocenters. The van der Waals surface area contributed by atoms with Crippen molar-refractivity contribution >= 4 is 0 Å². The quantitative estimate of drug-likeness (QED) is 0.812. The van der Waals surface area contributed by atoms with Gasteiger partial charge in [-0.15, -0.1) is 0 Å². The van der Waals surface area contributed by atoms with Crippen molar-refractivity contribution in [2.45, 2.75) is 20.4 Å². The number of aryl methyl sites for hydroxylation is 1. The highest BCUT2D eigenvalue weighted by Gasteiger charge is 2.15. The van der Waals surface area contributed by atoms with E-state index in [-0.39, 0.29) is 0 Å². The van der Waals surface area contributed by atoms with Crippen molar-refractivity contribution in [2.75, 3.05) is 39.8 Å². The van der Waals surface area contributed by atoms with Crippen molar-refractivity contribution in [3.63, 3.8) is 0 Å². The predicted octanol–water partition coefficient (Wildman–Crippen LogP) is 2.14. The summed E-state index contributed by atoms with van der Waals surface area (Å²) >= 11 is 0. The topological polar surface area (TPSA) is 15.7 Å². The number of ether oxygens (including phenoxy) is 1. The number of methoxy groups -OCH3 is 1. The Morgan fingerprint density at radius 2 is 1.78 bits per heavy atom. The second-order valence-electron chi connectivity index (χ2n) is 5.01. The highest BCUT2D eigenvalue weighted by Crippen LogP contribution is 2.19. The zero-order chi connectivity index (χ0) is 13.0. The molecule has 1 aromatic rings. The van der Waals surface area contributed by atoms with Crippen LogP contribution in [0.2, 0.25) is 0 Å². The molecule has 0 aromatic heterocycles. The lowest BCUT2D eigenvalue weighted by molar-refractivity contribution is 0.132. The van der Waals surface area contributed by atoms with Crippen LogP contribution in [0.25, 0.3) is 0 Å². The van der Waals surface area contributed by atoms with Crippen LogP contribution in [0.3, 0.4) is 0 Å². The van der Waals surface area contributed by atoms with Gasteiger partial charge < -0.3 is 9.64 Å². The Morgan fingerprint density at radius 3 is 2.33 bits per heavy atom. The standard InChI is InChI=1S/C15H24N2O/c1-4-16-7-9-17(10-8-16)12-14-5-6-15(18-3)13(2)11-14/h5-6,11H,4,7-10,12H2,1-3H3. The summed E-state index contributed by atoms with van der Waals surface area (Å²) in [5.41, 5.74) is 2.61. The van der Waals surface area contributed by atoms with Crippen molar-refractivity contribution in [2.24, 2.45) is 0 Å². The summed E-state index contributed by atoms with van der Waals surface area (Å²) in [4.78, 5) is 5.04. The smallest absolute Gasteiger partial charge is 0.121 e. The third-order valence-corrected chi connectivity index (χ3v) is 3.78. The van der Waals surface area contributed by atoms with Gasteiger partial charge in [0.2, 0.25) is 0 Å². The lowest BCUT2D eigenvalue weighted by atomic mass is 10.1. The first-order chi connectivity index (χ1) is 8.72. The van der Waals surface area contributed by atoms with Crippen LogP contribution in [0.15, 0.2) is 18.2 Å². The molecule has 1 aromatic carbocycles. The van der Waals surface area contributed by atoms with Crippen LogP contribution in [0.1, 0.15) is 18.1 Å². The van der Waals surface area contributed by atoms with Gasteiger partial charge in [0.15, 0.2) is 0 Å². The Hall–Kier alpha value is -1.06. The summed E-state index contributed by atoms with van der Waals surface area (Å²) < 4.78 is 5.30. The third-order valence-electron chi connectivity index (χ3n) is 3.78. The predicted molar refractivity (Wildman–Crippen MR) is 75.1 cm³/mol. The number of hydrogen-bond acceptors (Lipinski definition) is 3. The monoisotopic (exact) mass is 248 g/mol. The fourth-order valence-corrected chi connectivity index (χ4v) is 2.56. The summed E-state index contributed by atoms with van der Waals surface area (Å²) in [5, 5.41) is 0. The van der Waals surface area contributed by atoms with Gasteiger partial charge in [-0.3, -0.25) is 4.90 Å². The highest BCUT2D eigenvalue weighted by atomic mass is 16.5. The SMILES string of the molecule is CCN1CCN(Cc2ccc(OC)c(C)c2)CC1. The molecule has 0 radical (unpaired) electrons. The molecule has 1 aliphatic heterocycles. The number of rotatable bonds is 4. The normalized spacial score (nSPS) is 17.9. The first-order valence-corrected chi connectivity index (χ1v) is 6.81. The van der Waals surface area contributed by atoms with Crippen molar-refractivity contribution in [3.05, 3.63) is 29.3 Å². The molecule has 3 heteroatoms. The van der Waals surface area contributed by atoms with Gasteiger partial charge >= 0.3 is 0 Å². The first kappa shape index (κ1) is 13.4. The molecule has 1 heterocycles. The van der Waals surface area contributed by atoms with Crippen LogP contribution in [0, 0.1) is 6.92 Å². The Labute approximate surface area is 110 Å². The Balaban J connectivity index is 1.92. The van der Waals surface area contributed by atoms with E-state index >= 15 is 0 Å². The molecule has 0 N–H and O–H groups in total. The summed E-state index contributed by atoms with van der Waals surface area (Å²) in [6.45, 7) is 11.3. The van der Waals surface area contributed by atoms with Gasteiger partial charge in [0.25, 0.3) is 0 Å². The van der Waals surface area contributed by atoms with Gasteiger partial charge in [0, 0.05) is 32.7 Å². The maximum absolute atomic E-state index is 5.30. The number of nitrogens with zero attached hydrogens (tertiary/aromatic N) is 2. The van der Waals surface area contributed by atoms with Gasteiger partial charge in [-0.2, -0.15) is 0 Å². The molecule has 0 bridgehead atoms. The van der Waals surface area contributed by atoms with Crippen LogP contribution in [-0.2, 0) is 6.54 Å². The number of benzene rings is 1. The second kappa shape index (κ2) is 6.21. The molecule has 0 saturated carbocycles. The van der Waals surface area contributed by atoms with Crippen molar-refractivity contribution in [1.29, 1.82) is 0 Å². The molecule has 1 saturated heterocycles. The van der Waals surface area contributed by atoms with Crippen LogP contribution in [0.5, 0.6) is 5.75 Å². The molecule has 3 nitrogen and oxygen atoms in total. The molecule has 0 unspecified atom stereocenters. The zero-order valence-corrected chi connectivity index (χ0v) is 11.8. The van der Waals surface area contributed by atoms with Gasteiger partial charge in [-0.1, -0.05) is 19.1 Å². The minimum absolute atomic E-state index is 0.981. The fourth-order valence-electron chi connectivity index (χ4n) is 2.56. The molecule has 1 fully saturated rings. The Kier molecular flexibility index (Phi) is 4.61. The fraction of sp³-hybridized carbons (Fsp3) is 0.600. The molecular formula is C15H24N2O. The first-order valence-electron chi connectivity index (χ1n) is 6.81. The van der Waals surface area contributed by atoms with Crippen LogP contribution < -0.4 is 4.74 Å². The molecule has 2 rings (SSSR count). The second-order valence-corrected chi connectivity index (χ2v) is 5.01. The van der Waals surface area contributed by atoms with Crippen LogP contribution in [0.4, 0.5) is 0 Å². The summed E-state index contributed by atoms with van der Waals surface area (Å²) in [5.74, 6) is 0.981. The maximum atomic E-state index is 5.30. The van der Waals surface area contributed by atoms with E-state index in [4.69, 9.17) is 4.74 Å². The van der Waals surface area contributed by atoms with Crippen LogP contribution >= 0.6 is 0 Å². The minimum Gasteiger partial charge on any atom is -0.496 e. The molecule has 100 valence electrons. The highest BCUT2D eigenvalue weighted by molar-refractivity contribution is 5.36. The molecule has 1 aliphatic rings. The van der Waals surface area contributed by atoms with Gasteiger partial charge in [0.1, 0.15) is 5.75 Å². The van der Waals surface area contributed by atoms with E-state index in [1.807, 2.05) is 0 Å². The maximum Gasteiger partial charge on any atom is 0.121 e. The molecule has 0 amide bonds. The lowest BCUT2D eigenvalue weighted by Gasteiger charge is -2.34. The largest absolute Gasteiger partial charge is 0.496 e. The van der Waals surface area contributed by atoms with E-state index in [0.717, 1.165) is 12.3 Å². The van der Waals surface area contributed by atoms with Crippen LogP contribution in [-0.4, -0.2) is 49.6 Å². The minimum atomic E-state index is 0.981. The summed E-state index contributed by atoms with van der Waals surface area (Å²) in [7, 11) is 1.73. The molecule has 0 spiro atoms. The number of piperazine rings is 1. The van der Waals surface area contributed by atoms with Crippen molar-refractivity contribution < 1.29 is 4.74 Å². The van der Waals surface area contributed by atoms with E-state index < -0.39 is 0 Å². The van der Waals surface area contributed by atoms with E-state index in [1.54, 1.807) is 7.11 Å². The van der Waals surface area contributed by atoms with Crippen molar-refractivity contribution in [1.82, 2.24) is 9.80 Å². The average molecular weight is 248 g/mol. The van der Waals surface area contributed by atoms with E-state index in [9.17, 15) is 0 Å². The van der Waals surface area contributed by atoms with E-state index in [0.29, 0.717) is 0 Å². The molecule has 18 heavy (non-hydrogen) atoms. The Morgan fingerprint density at radius 1 is 1.11 bits per heavy atom. The Bertz CT molecular complexity index is 384. The third kappa shape index (κ3) is 3.24. The lowest BCUT2D eigenvalue weighted by Crippen LogP contribution is -2.45. The van der Waals surface area contributed by atoms with E-state index in [2.05, 4.69) is 41.8 Å². The van der Waals surface area contributed by atoms with Gasteiger partial charge in [-0.25, -0.2) is 0 Å². The van der Waals surface area contributed by atoms with Crippen molar-refractivity contribution in [3.8, 4) is 5.75 Å².